The van der Waals surface area contributed by atoms with Crippen molar-refractivity contribution in [1.82, 2.24) is 4.90 Å². The van der Waals surface area contributed by atoms with Crippen LogP contribution in [0.2, 0.25) is 0 Å². The van der Waals surface area contributed by atoms with Gasteiger partial charge in [0, 0.05) is 18.2 Å². The number of carbonyl (C=O) groups excluding carboxylic acids is 1. The van der Waals surface area contributed by atoms with E-state index in [9.17, 15) is 4.79 Å². The molecule has 1 aliphatic heterocycles. The minimum absolute atomic E-state index is 0.242. The Morgan fingerprint density at radius 3 is 2.62 bits per heavy atom. The van der Waals surface area contributed by atoms with Gasteiger partial charge in [-0.2, -0.15) is 0 Å². The van der Waals surface area contributed by atoms with Gasteiger partial charge < -0.3 is 10.6 Å². The zero-order valence-corrected chi connectivity index (χ0v) is 13.5. The summed E-state index contributed by atoms with van der Waals surface area (Å²) >= 11 is 4.94. The second-order valence-electron chi connectivity index (χ2n) is 5.74. The largest absolute Gasteiger partial charge is 0.389 e. The molecule has 1 atom stereocenters. The van der Waals surface area contributed by atoms with Gasteiger partial charge in [-0.1, -0.05) is 56.2 Å². The topological polar surface area (TPSA) is 46.3 Å². The average molecular weight is 304 g/mol. The van der Waals surface area contributed by atoms with Crippen LogP contribution >= 0.6 is 12.2 Å². The third-order valence-electron chi connectivity index (χ3n) is 4.26. The van der Waals surface area contributed by atoms with Gasteiger partial charge in [0.1, 0.15) is 4.99 Å². The lowest BCUT2D eigenvalue weighted by Gasteiger charge is -2.29. The van der Waals surface area contributed by atoms with Gasteiger partial charge in [-0.15, -0.1) is 0 Å². The quantitative estimate of drug-likeness (QED) is 0.870. The van der Waals surface area contributed by atoms with Gasteiger partial charge in [0.2, 0.25) is 5.91 Å². The number of thiocarbonyl (C=S) groups is 1. The molecule has 0 aromatic heterocycles. The summed E-state index contributed by atoms with van der Waals surface area (Å²) in [6.45, 7) is 3.08. The highest BCUT2D eigenvalue weighted by atomic mass is 32.1. The van der Waals surface area contributed by atoms with E-state index in [2.05, 4.69) is 11.8 Å². The first kappa shape index (κ1) is 16.0. The van der Waals surface area contributed by atoms with Crippen LogP contribution in [0.25, 0.3) is 0 Å². The van der Waals surface area contributed by atoms with Crippen molar-refractivity contribution in [3.05, 3.63) is 35.4 Å². The normalized spacial score (nSPS) is 19.1. The number of nitrogens with zero attached hydrogens (tertiary/aromatic N) is 1. The molecule has 0 bridgehead atoms. The number of rotatable bonds is 4. The van der Waals surface area contributed by atoms with Gasteiger partial charge in [0.15, 0.2) is 0 Å². The molecule has 1 saturated heterocycles. The molecule has 2 rings (SSSR count). The second-order valence-corrected chi connectivity index (χ2v) is 6.18. The van der Waals surface area contributed by atoms with Gasteiger partial charge in [-0.05, 0) is 24.8 Å². The summed E-state index contributed by atoms with van der Waals surface area (Å²) in [6.07, 6.45) is 6.26. The van der Waals surface area contributed by atoms with Crippen LogP contribution in [0.15, 0.2) is 24.3 Å². The molecule has 1 heterocycles. The number of nitrogens with two attached hydrogens (primary N) is 1. The van der Waals surface area contributed by atoms with E-state index in [1.807, 2.05) is 24.3 Å². The molecule has 1 amide bonds. The summed E-state index contributed by atoms with van der Waals surface area (Å²) < 4.78 is 0. The number of likely N-dealkylation sites (tertiary alicyclic amines) is 1. The van der Waals surface area contributed by atoms with Crippen LogP contribution < -0.4 is 5.73 Å². The molecular weight excluding hydrogens is 280 g/mol. The van der Waals surface area contributed by atoms with Crippen LogP contribution in [0.3, 0.4) is 0 Å². The lowest BCUT2D eigenvalue weighted by molar-refractivity contribution is -0.132. The summed E-state index contributed by atoms with van der Waals surface area (Å²) in [5.74, 6) is 0.242. The van der Waals surface area contributed by atoms with E-state index in [0.29, 0.717) is 17.5 Å². The van der Waals surface area contributed by atoms with Gasteiger partial charge >= 0.3 is 0 Å². The van der Waals surface area contributed by atoms with Crippen molar-refractivity contribution in [1.29, 1.82) is 0 Å². The Bertz CT molecular complexity index is 498. The van der Waals surface area contributed by atoms with E-state index in [1.165, 1.54) is 12.8 Å². The van der Waals surface area contributed by atoms with Crippen molar-refractivity contribution < 1.29 is 4.79 Å². The zero-order chi connectivity index (χ0) is 15.2. The van der Waals surface area contributed by atoms with Gasteiger partial charge in [-0.3, -0.25) is 4.79 Å². The maximum atomic E-state index is 12.6. The molecule has 4 heteroatoms. The van der Waals surface area contributed by atoms with Gasteiger partial charge in [-0.25, -0.2) is 0 Å². The summed E-state index contributed by atoms with van der Waals surface area (Å²) in [6, 6.07) is 8.10. The van der Waals surface area contributed by atoms with Crippen molar-refractivity contribution in [2.45, 2.75) is 51.5 Å². The Kier molecular flexibility index (Phi) is 5.74. The first-order chi connectivity index (χ1) is 10.1. The Hall–Kier alpha value is -1.42. The van der Waals surface area contributed by atoms with Crippen LogP contribution in [0, 0.1) is 0 Å². The van der Waals surface area contributed by atoms with Crippen molar-refractivity contribution in [3.63, 3.8) is 0 Å². The smallest absolute Gasteiger partial charge is 0.227 e. The number of benzene rings is 1. The van der Waals surface area contributed by atoms with E-state index in [4.69, 9.17) is 18.0 Å². The Labute approximate surface area is 132 Å². The molecule has 1 unspecified atom stereocenters. The average Bonchev–Trinajstić information content (AvgIpc) is 2.72. The maximum absolute atomic E-state index is 12.6. The molecule has 114 valence electrons. The lowest BCUT2D eigenvalue weighted by atomic mass is 10.1. The Morgan fingerprint density at radius 1 is 1.29 bits per heavy atom. The summed E-state index contributed by atoms with van der Waals surface area (Å²) in [4.78, 5) is 15.1. The van der Waals surface area contributed by atoms with Crippen LogP contribution in [-0.4, -0.2) is 28.4 Å². The molecule has 1 aromatic rings. The first-order valence-corrected chi connectivity index (χ1v) is 8.21. The number of hydrogen-bond donors (Lipinski definition) is 1. The van der Waals surface area contributed by atoms with Crippen LogP contribution in [0.1, 0.15) is 50.2 Å². The first-order valence-electron chi connectivity index (χ1n) is 7.80. The third kappa shape index (κ3) is 4.27. The van der Waals surface area contributed by atoms with E-state index in [-0.39, 0.29) is 5.91 Å². The van der Waals surface area contributed by atoms with Crippen molar-refractivity contribution in [2.24, 2.45) is 5.73 Å². The SMILES string of the molecule is CCC1CCCCCN1C(=O)Cc1ccc(C(N)=S)cc1. The maximum Gasteiger partial charge on any atom is 0.227 e. The van der Waals surface area contributed by atoms with Crippen molar-refractivity contribution >= 4 is 23.1 Å². The number of hydrogen-bond acceptors (Lipinski definition) is 2. The molecule has 3 nitrogen and oxygen atoms in total. The van der Waals surface area contributed by atoms with Crippen LogP contribution in [-0.2, 0) is 11.2 Å². The van der Waals surface area contributed by atoms with Crippen molar-refractivity contribution in [2.75, 3.05) is 6.54 Å². The molecule has 1 fully saturated rings. The molecule has 0 saturated carbocycles. The van der Waals surface area contributed by atoms with Crippen LogP contribution in [0.4, 0.5) is 0 Å². The van der Waals surface area contributed by atoms with E-state index >= 15 is 0 Å². The molecule has 21 heavy (non-hydrogen) atoms. The predicted molar refractivity (Wildman–Crippen MR) is 90.3 cm³/mol. The van der Waals surface area contributed by atoms with E-state index in [0.717, 1.165) is 36.9 Å². The molecule has 0 aliphatic carbocycles. The highest BCUT2D eigenvalue weighted by Gasteiger charge is 2.23. The fourth-order valence-corrected chi connectivity index (χ4v) is 3.13. The zero-order valence-electron chi connectivity index (χ0n) is 12.7. The highest BCUT2D eigenvalue weighted by molar-refractivity contribution is 7.80. The van der Waals surface area contributed by atoms with E-state index < -0.39 is 0 Å². The summed E-state index contributed by atoms with van der Waals surface area (Å²) in [5, 5.41) is 0. The number of carbonyl (C=O) groups is 1. The Morgan fingerprint density at radius 2 is 2.00 bits per heavy atom. The third-order valence-corrected chi connectivity index (χ3v) is 4.50. The van der Waals surface area contributed by atoms with E-state index in [1.54, 1.807) is 0 Å². The number of amides is 1. The highest BCUT2D eigenvalue weighted by Crippen LogP contribution is 2.20. The predicted octanol–water partition coefficient (Wildman–Crippen LogP) is 3.04. The molecule has 1 aromatic carbocycles. The van der Waals surface area contributed by atoms with Crippen molar-refractivity contribution in [3.8, 4) is 0 Å². The molecule has 0 spiro atoms. The second kappa shape index (κ2) is 7.55. The van der Waals surface area contributed by atoms with Gasteiger partial charge in [0.05, 0.1) is 6.42 Å². The fourth-order valence-electron chi connectivity index (χ4n) is 2.99. The molecule has 2 N–H and O–H groups in total. The van der Waals surface area contributed by atoms with Gasteiger partial charge in [0.25, 0.3) is 0 Å². The molecule has 1 aliphatic rings. The Balaban J connectivity index is 2.03. The summed E-state index contributed by atoms with van der Waals surface area (Å²) in [5.41, 5.74) is 7.47. The fraction of sp³-hybridized carbons (Fsp3) is 0.529. The monoisotopic (exact) mass is 304 g/mol. The summed E-state index contributed by atoms with van der Waals surface area (Å²) in [7, 11) is 0. The minimum Gasteiger partial charge on any atom is -0.389 e. The standard InChI is InChI=1S/C17H24N2OS/c1-2-15-6-4-3-5-11-19(15)16(20)12-13-7-9-14(10-8-13)17(18)21/h7-10,15H,2-6,11-12H2,1H3,(H2,18,21). The van der Waals surface area contributed by atoms with Crippen LogP contribution in [0.5, 0.6) is 0 Å². The molecule has 0 radical (unpaired) electrons. The molecular formula is C17H24N2OS. The lowest BCUT2D eigenvalue weighted by Crippen LogP contribution is -2.40. The minimum atomic E-state index is 0.242.